The van der Waals surface area contributed by atoms with E-state index in [9.17, 15) is 0 Å². The van der Waals surface area contributed by atoms with Crippen molar-refractivity contribution in [2.45, 2.75) is 6.92 Å². The first kappa shape index (κ1) is 7.55. The molecule has 0 amide bonds. The Kier molecular flexibility index (Phi) is 2.28. The maximum Gasteiger partial charge on any atom is 0.0204 e. The Morgan fingerprint density at radius 3 is 2.70 bits per heavy atom. The lowest BCUT2D eigenvalue weighted by atomic mass is 10.1. The number of hydrogen-bond acceptors (Lipinski definition) is 0. The Bertz CT molecular complexity index is 251. The number of benzene rings is 1. The predicted octanol–water partition coefficient (Wildman–Crippen LogP) is 3.09. The van der Waals surface area contributed by atoms with Crippen molar-refractivity contribution in [1.29, 1.82) is 0 Å². The Balaban J connectivity index is 3.16. The molecule has 0 heterocycles. The van der Waals surface area contributed by atoms with E-state index in [4.69, 9.17) is 0 Å². The zero-order valence-electron chi connectivity index (χ0n) is 5.82. The summed E-state index contributed by atoms with van der Waals surface area (Å²) in [6, 6.07) is 6.02. The van der Waals surface area contributed by atoms with E-state index >= 15 is 0 Å². The summed E-state index contributed by atoms with van der Waals surface area (Å²) in [6.07, 6.45) is 2.82. The van der Waals surface area contributed by atoms with Crippen LogP contribution >= 0.6 is 15.9 Å². The van der Waals surface area contributed by atoms with E-state index in [1.165, 1.54) is 5.56 Å². The first-order valence-electron chi connectivity index (χ1n) is 3.03. The van der Waals surface area contributed by atoms with Crippen LogP contribution in [0.15, 0.2) is 29.3 Å². The smallest absolute Gasteiger partial charge is 0.0204 e. The van der Waals surface area contributed by atoms with Gasteiger partial charge in [0.05, 0.1) is 0 Å². The molecule has 0 fully saturated rings. The molecule has 0 unspecified atom stereocenters. The van der Waals surface area contributed by atoms with Crippen LogP contribution < -0.4 is 0 Å². The van der Waals surface area contributed by atoms with Crippen LogP contribution in [0, 0.1) is 13.0 Å². The van der Waals surface area contributed by atoms with E-state index in [1.807, 2.05) is 25.1 Å². The van der Waals surface area contributed by atoms with Gasteiger partial charge in [0.1, 0.15) is 0 Å². The lowest BCUT2D eigenvalue weighted by Crippen LogP contribution is -1.77. The SMILES string of the molecule is C=[C]c1ccc(Br)c(C)c1. The molecular formula is C9H8Br. The van der Waals surface area contributed by atoms with Crippen molar-refractivity contribution in [2.24, 2.45) is 0 Å². The Labute approximate surface area is 69.7 Å². The molecule has 0 N–H and O–H groups in total. The van der Waals surface area contributed by atoms with Gasteiger partial charge in [0.2, 0.25) is 0 Å². The van der Waals surface area contributed by atoms with Gasteiger partial charge in [-0.1, -0.05) is 34.6 Å². The van der Waals surface area contributed by atoms with E-state index in [2.05, 4.69) is 28.6 Å². The highest BCUT2D eigenvalue weighted by molar-refractivity contribution is 9.10. The summed E-state index contributed by atoms with van der Waals surface area (Å²) >= 11 is 3.41. The van der Waals surface area contributed by atoms with Crippen molar-refractivity contribution >= 4 is 15.9 Å². The van der Waals surface area contributed by atoms with E-state index in [1.54, 1.807) is 0 Å². The third-order valence-corrected chi connectivity index (χ3v) is 2.25. The molecule has 1 aromatic rings. The molecule has 0 atom stereocenters. The summed E-state index contributed by atoms with van der Waals surface area (Å²) in [5.41, 5.74) is 2.26. The van der Waals surface area contributed by atoms with Crippen molar-refractivity contribution in [3.05, 3.63) is 46.5 Å². The second-order valence-electron chi connectivity index (χ2n) is 2.14. The molecular weight excluding hydrogens is 188 g/mol. The summed E-state index contributed by atoms with van der Waals surface area (Å²) in [7, 11) is 0. The minimum absolute atomic E-state index is 1.04. The summed E-state index contributed by atoms with van der Waals surface area (Å²) in [5.74, 6) is 0. The summed E-state index contributed by atoms with van der Waals surface area (Å²) in [4.78, 5) is 0. The zero-order valence-corrected chi connectivity index (χ0v) is 7.40. The maximum atomic E-state index is 3.56. The van der Waals surface area contributed by atoms with Crippen LogP contribution in [0.3, 0.4) is 0 Å². The van der Waals surface area contributed by atoms with Crippen LogP contribution in [0.4, 0.5) is 0 Å². The molecule has 0 saturated carbocycles. The van der Waals surface area contributed by atoms with Crippen LogP contribution in [0.2, 0.25) is 0 Å². The van der Waals surface area contributed by atoms with Crippen LogP contribution in [0.1, 0.15) is 11.1 Å². The van der Waals surface area contributed by atoms with Gasteiger partial charge in [-0.2, -0.15) is 0 Å². The fourth-order valence-corrected chi connectivity index (χ4v) is 1.00. The van der Waals surface area contributed by atoms with Crippen LogP contribution in [0.25, 0.3) is 0 Å². The van der Waals surface area contributed by atoms with Crippen LogP contribution in [0.5, 0.6) is 0 Å². The zero-order chi connectivity index (χ0) is 7.56. The van der Waals surface area contributed by atoms with Crippen molar-refractivity contribution in [3.63, 3.8) is 0 Å². The van der Waals surface area contributed by atoms with Gasteiger partial charge in [-0.3, -0.25) is 0 Å². The topological polar surface area (TPSA) is 0 Å². The predicted molar refractivity (Wildman–Crippen MR) is 46.9 cm³/mol. The summed E-state index contributed by atoms with van der Waals surface area (Å²) < 4.78 is 1.13. The molecule has 0 aliphatic heterocycles. The average molecular weight is 196 g/mol. The van der Waals surface area contributed by atoms with Gasteiger partial charge in [-0.05, 0) is 30.2 Å². The fraction of sp³-hybridized carbons (Fsp3) is 0.111. The minimum atomic E-state index is 1.04. The number of halogens is 1. The molecule has 10 heavy (non-hydrogen) atoms. The Morgan fingerprint density at radius 2 is 2.20 bits per heavy atom. The molecule has 0 bridgehead atoms. The van der Waals surface area contributed by atoms with Crippen molar-refractivity contribution in [2.75, 3.05) is 0 Å². The lowest BCUT2D eigenvalue weighted by molar-refractivity contribution is 1.40. The monoisotopic (exact) mass is 195 g/mol. The van der Waals surface area contributed by atoms with Gasteiger partial charge in [0.25, 0.3) is 0 Å². The van der Waals surface area contributed by atoms with Gasteiger partial charge >= 0.3 is 0 Å². The largest absolute Gasteiger partial charge is 0.0906 e. The Morgan fingerprint density at radius 1 is 1.50 bits per heavy atom. The first-order valence-corrected chi connectivity index (χ1v) is 3.82. The molecule has 1 rings (SSSR count). The van der Waals surface area contributed by atoms with Crippen molar-refractivity contribution in [1.82, 2.24) is 0 Å². The highest BCUT2D eigenvalue weighted by atomic mass is 79.9. The number of aryl methyl sites for hydroxylation is 1. The molecule has 0 spiro atoms. The highest BCUT2D eigenvalue weighted by Crippen LogP contribution is 2.16. The molecule has 1 aromatic carbocycles. The fourth-order valence-electron chi connectivity index (χ4n) is 0.755. The van der Waals surface area contributed by atoms with Crippen molar-refractivity contribution in [3.8, 4) is 0 Å². The van der Waals surface area contributed by atoms with Crippen LogP contribution in [-0.2, 0) is 0 Å². The van der Waals surface area contributed by atoms with E-state index in [0.717, 1.165) is 10.0 Å². The molecule has 0 saturated heterocycles. The Hall–Kier alpha value is -0.560. The van der Waals surface area contributed by atoms with E-state index < -0.39 is 0 Å². The standard InChI is InChI=1S/C9H8Br/c1-3-8-4-5-9(10)7(2)6-8/h4-6H,1H2,2H3. The normalized spacial score (nSPS) is 9.40. The molecule has 1 heteroatoms. The van der Waals surface area contributed by atoms with Gasteiger partial charge < -0.3 is 0 Å². The third-order valence-electron chi connectivity index (χ3n) is 1.36. The second-order valence-corrected chi connectivity index (χ2v) is 3.00. The van der Waals surface area contributed by atoms with Gasteiger partial charge in [0, 0.05) is 4.47 Å². The number of hydrogen-bond donors (Lipinski definition) is 0. The van der Waals surface area contributed by atoms with E-state index in [-0.39, 0.29) is 0 Å². The second kappa shape index (κ2) is 3.02. The molecule has 51 valence electrons. The third kappa shape index (κ3) is 1.48. The molecule has 0 nitrogen and oxygen atoms in total. The quantitative estimate of drug-likeness (QED) is 0.647. The van der Waals surface area contributed by atoms with E-state index in [0.29, 0.717) is 0 Å². The highest BCUT2D eigenvalue weighted by Gasteiger charge is 1.92. The van der Waals surface area contributed by atoms with Gasteiger partial charge in [0.15, 0.2) is 0 Å². The first-order chi connectivity index (χ1) is 4.74. The minimum Gasteiger partial charge on any atom is -0.0906 e. The number of rotatable bonds is 1. The van der Waals surface area contributed by atoms with Crippen LogP contribution in [-0.4, -0.2) is 0 Å². The summed E-state index contributed by atoms with van der Waals surface area (Å²) in [6.45, 7) is 5.61. The lowest BCUT2D eigenvalue weighted by Gasteiger charge is -1.97. The molecule has 1 radical (unpaired) electrons. The molecule has 0 aliphatic rings. The molecule has 0 aliphatic carbocycles. The van der Waals surface area contributed by atoms with Gasteiger partial charge in [-0.25, -0.2) is 0 Å². The van der Waals surface area contributed by atoms with Gasteiger partial charge in [-0.15, -0.1) is 0 Å². The van der Waals surface area contributed by atoms with Crippen molar-refractivity contribution < 1.29 is 0 Å². The summed E-state index contributed by atoms with van der Waals surface area (Å²) in [5, 5.41) is 0. The average Bonchev–Trinajstić information content (AvgIpc) is 1.95. The maximum absolute atomic E-state index is 3.56. The molecule has 0 aromatic heterocycles.